The van der Waals surface area contributed by atoms with Gasteiger partial charge < -0.3 is 4.52 Å². The van der Waals surface area contributed by atoms with Crippen molar-refractivity contribution in [3.63, 3.8) is 0 Å². The van der Waals surface area contributed by atoms with Gasteiger partial charge in [-0.25, -0.2) is 0 Å². The Morgan fingerprint density at radius 3 is 2.64 bits per heavy atom. The Bertz CT molecular complexity index is 260. The molecule has 4 heteroatoms. The van der Waals surface area contributed by atoms with Gasteiger partial charge in [0.25, 0.3) is 0 Å². The van der Waals surface area contributed by atoms with E-state index in [1.165, 1.54) is 0 Å². The number of aromatic nitrogens is 1. The third-order valence-corrected chi connectivity index (χ3v) is 1.63. The summed E-state index contributed by atoms with van der Waals surface area (Å²) in [4.78, 5) is 10.5. The van der Waals surface area contributed by atoms with E-state index in [2.05, 4.69) is 5.16 Å². The Kier molecular flexibility index (Phi) is 2.29. The molecule has 0 N–H and O–H groups in total. The minimum atomic E-state index is -0.389. The second-order valence-electron chi connectivity index (χ2n) is 2.33. The van der Waals surface area contributed by atoms with Crippen molar-refractivity contribution in [3.8, 4) is 0 Å². The molecule has 1 aromatic heterocycles. The fourth-order valence-corrected chi connectivity index (χ4v) is 1.03. The standard InChI is InChI=1S/C7H8ClNO2/c1-4-6(3-7(8)10)5(2)11-9-4/h3H2,1-2H3. The molecule has 0 saturated heterocycles. The molecule has 0 aliphatic carbocycles. The Morgan fingerprint density at radius 2 is 2.27 bits per heavy atom. The molecule has 1 heterocycles. The molecule has 11 heavy (non-hydrogen) atoms. The fraction of sp³-hybridized carbons (Fsp3) is 0.429. The summed E-state index contributed by atoms with van der Waals surface area (Å²) in [6.07, 6.45) is 0.197. The van der Waals surface area contributed by atoms with Crippen LogP contribution in [0.5, 0.6) is 0 Å². The number of carbonyl (C=O) groups is 1. The first-order chi connectivity index (χ1) is 5.11. The molecule has 0 unspecified atom stereocenters. The predicted molar refractivity (Wildman–Crippen MR) is 40.5 cm³/mol. The van der Waals surface area contributed by atoms with Gasteiger partial charge in [0.05, 0.1) is 12.1 Å². The maximum Gasteiger partial charge on any atom is 0.226 e. The molecule has 0 amide bonds. The lowest BCUT2D eigenvalue weighted by molar-refractivity contribution is -0.111. The third kappa shape index (κ3) is 1.80. The molecule has 0 atom stereocenters. The topological polar surface area (TPSA) is 43.1 Å². The molecule has 0 saturated carbocycles. The second-order valence-corrected chi connectivity index (χ2v) is 2.76. The van der Waals surface area contributed by atoms with Crippen molar-refractivity contribution in [2.24, 2.45) is 0 Å². The first-order valence-corrected chi connectivity index (χ1v) is 3.59. The van der Waals surface area contributed by atoms with Gasteiger partial charge in [-0.1, -0.05) is 5.16 Å². The van der Waals surface area contributed by atoms with Crippen LogP contribution < -0.4 is 0 Å². The summed E-state index contributed by atoms with van der Waals surface area (Å²) in [6.45, 7) is 3.54. The van der Waals surface area contributed by atoms with Crippen molar-refractivity contribution in [2.45, 2.75) is 20.3 Å². The maximum atomic E-state index is 10.5. The van der Waals surface area contributed by atoms with Gasteiger partial charge in [0, 0.05) is 5.56 Å². The molecule has 0 spiro atoms. The van der Waals surface area contributed by atoms with Gasteiger partial charge in [-0.15, -0.1) is 0 Å². The molecule has 0 radical (unpaired) electrons. The lowest BCUT2D eigenvalue weighted by Gasteiger charge is -1.91. The van der Waals surface area contributed by atoms with Gasteiger partial charge in [-0.2, -0.15) is 0 Å². The highest BCUT2D eigenvalue weighted by Crippen LogP contribution is 2.13. The number of carbonyl (C=O) groups excluding carboxylic acids is 1. The summed E-state index contributed by atoms with van der Waals surface area (Å²) in [5, 5.41) is 3.29. The Labute approximate surface area is 69.3 Å². The van der Waals surface area contributed by atoms with Gasteiger partial charge in [-0.3, -0.25) is 4.79 Å². The van der Waals surface area contributed by atoms with Crippen LogP contribution >= 0.6 is 11.6 Å². The molecule has 0 fully saturated rings. The summed E-state index contributed by atoms with van der Waals surface area (Å²) in [6, 6.07) is 0. The molecule has 3 nitrogen and oxygen atoms in total. The summed E-state index contributed by atoms with van der Waals surface area (Å²) in [7, 11) is 0. The van der Waals surface area contributed by atoms with Gasteiger partial charge >= 0.3 is 0 Å². The van der Waals surface area contributed by atoms with Gasteiger partial charge in [-0.05, 0) is 25.4 Å². The smallest absolute Gasteiger partial charge is 0.226 e. The number of rotatable bonds is 2. The molecular weight excluding hydrogens is 166 g/mol. The molecule has 0 aliphatic heterocycles. The second kappa shape index (κ2) is 3.05. The number of aryl methyl sites for hydroxylation is 2. The number of hydrogen-bond acceptors (Lipinski definition) is 3. The third-order valence-electron chi connectivity index (χ3n) is 1.50. The van der Waals surface area contributed by atoms with Crippen LogP contribution in [0.1, 0.15) is 17.0 Å². The molecular formula is C7H8ClNO2. The summed E-state index contributed by atoms with van der Waals surface area (Å²) in [5.74, 6) is 0.663. The van der Waals surface area contributed by atoms with Crippen molar-refractivity contribution in [3.05, 3.63) is 17.0 Å². The van der Waals surface area contributed by atoms with Crippen LogP contribution in [0.25, 0.3) is 0 Å². The minimum Gasteiger partial charge on any atom is -0.361 e. The Morgan fingerprint density at radius 1 is 1.64 bits per heavy atom. The highest BCUT2D eigenvalue weighted by atomic mass is 35.5. The van der Waals surface area contributed by atoms with Crippen molar-refractivity contribution in [1.29, 1.82) is 0 Å². The SMILES string of the molecule is Cc1noc(C)c1CC(=O)Cl. The van der Waals surface area contributed by atoms with E-state index in [0.717, 1.165) is 11.3 Å². The largest absolute Gasteiger partial charge is 0.361 e. The van der Waals surface area contributed by atoms with Gasteiger partial charge in [0.1, 0.15) is 5.76 Å². The monoisotopic (exact) mass is 173 g/mol. The van der Waals surface area contributed by atoms with E-state index in [-0.39, 0.29) is 11.7 Å². The predicted octanol–water partition coefficient (Wildman–Crippen LogP) is 1.60. The van der Waals surface area contributed by atoms with Crippen molar-refractivity contribution in [2.75, 3.05) is 0 Å². The number of halogens is 1. The first-order valence-electron chi connectivity index (χ1n) is 3.21. The van der Waals surface area contributed by atoms with Crippen LogP contribution in [0, 0.1) is 13.8 Å². The highest BCUT2D eigenvalue weighted by Gasteiger charge is 2.10. The van der Waals surface area contributed by atoms with E-state index in [4.69, 9.17) is 16.1 Å². The van der Waals surface area contributed by atoms with Crippen LogP contribution in [-0.2, 0) is 11.2 Å². The lowest BCUT2D eigenvalue weighted by Crippen LogP contribution is -1.95. The molecule has 0 bridgehead atoms. The highest BCUT2D eigenvalue weighted by molar-refractivity contribution is 6.63. The molecule has 0 aromatic carbocycles. The first kappa shape index (κ1) is 8.27. The van der Waals surface area contributed by atoms with E-state index in [9.17, 15) is 4.79 Å². The van der Waals surface area contributed by atoms with Crippen LogP contribution in [0.4, 0.5) is 0 Å². The summed E-state index contributed by atoms with van der Waals surface area (Å²) < 4.78 is 4.84. The fourth-order valence-electron chi connectivity index (χ4n) is 0.893. The van der Waals surface area contributed by atoms with E-state index >= 15 is 0 Å². The summed E-state index contributed by atoms with van der Waals surface area (Å²) >= 11 is 5.20. The van der Waals surface area contributed by atoms with Crippen LogP contribution in [0.15, 0.2) is 4.52 Å². The van der Waals surface area contributed by atoms with Crippen LogP contribution in [0.3, 0.4) is 0 Å². The number of hydrogen-bond donors (Lipinski definition) is 0. The zero-order chi connectivity index (χ0) is 8.43. The van der Waals surface area contributed by atoms with E-state index in [0.29, 0.717) is 5.76 Å². The maximum absolute atomic E-state index is 10.5. The van der Waals surface area contributed by atoms with E-state index in [1.54, 1.807) is 13.8 Å². The van der Waals surface area contributed by atoms with Gasteiger partial charge in [0.2, 0.25) is 5.24 Å². The van der Waals surface area contributed by atoms with Gasteiger partial charge in [0.15, 0.2) is 0 Å². The van der Waals surface area contributed by atoms with Crippen molar-refractivity contribution < 1.29 is 9.32 Å². The van der Waals surface area contributed by atoms with Crippen LogP contribution in [0.2, 0.25) is 0 Å². The normalized spacial score (nSPS) is 10.1. The average molecular weight is 174 g/mol. The zero-order valence-corrected chi connectivity index (χ0v) is 7.10. The minimum absolute atomic E-state index is 0.197. The van der Waals surface area contributed by atoms with E-state index in [1.807, 2.05) is 0 Å². The number of nitrogens with zero attached hydrogens (tertiary/aromatic N) is 1. The van der Waals surface area contributed by atoms with E-state index < -0.39 is 0 Å². The molecule has 1 rings (SSSR count). The van der Waals surface area contributed by atoms with Crippen molar-refractivity contribution >= 4 is 16.8 Å². The molecule has 0 aliphatic rings. The Hall–Kier alpha value is -0.830. The van der Waals surface area contributed by atoms with Crippen molar-refractivity contribution in [1.82, 2.24) is 5.16 Å². The zero-order valence-electron chi connectivity index (χ0n) is 6.35. The Balaban J connectivity index is 2.92. The quantitative estimate of drug-likeness (QED) is 0.638. The van der Waals surface area contributed by atoms with Crippen LogP contribution in [-0.4, -0.2) is 10.4 Å². The average Bonchev–Trinajstić information content (AvgIpc) is 2.18. The molecule has 60 valence electrons. The lowest BCUT2D eigenvalue weighted by atomic mass is 10.1. The summed E-state index contributed by atoms with van der Waals surface area (Å²) in [5.41, 5.74) is 1.53. The molecule has 1 aromatic rings.